The topological polar surface area (TPSA) is 26.0 Å². The maximum absolute atomic E-state index is 5.83. The molecular weight excluding hydrogens is 182 g/mol. The van der Waals surface area contributed by atoms with Gasteiger partial charge in [-0.3, -0.25) is 0 Å². The zero-order valence-corrected chi connectivity index (χ0v) is 10.2. The molecule has 1 aromatic carbocycles. The molecule has 0 radical (unpaired) electrons. The first-order valence-electron chi connectivity index (χ1n) is 5.76. The van der Waals surface area contributed by atoms with Crippen molar-refractivity contribution in [1.29, 1.82) is 0 Å². The van der Waals surface area contributed by atoms with E-state index >= 15 is 0 Å². The number of rotatable bonds is 2. The first-order chi connectivity index (χ1) is 7.00. The largest absolute Gasteiger partial charge is 0.330 e. The minimum atomic E-state index is 0.396. The molecule has 1 nitrogen and oxygen atoms in total. The summed E-state index contributed by atoms with van der Waals surface area (Å²) in [5, 5.41) is 0. The van der Waals surface area contributed by atoms with Gasteiger partial charge in [-0.15, -0.1) is 0 Å². The second kappa shape index (κ2) is 3.34. The SMILES string of the molecule is Cc1cccc(C2C(CN)C2(C)C)c1C. The minimum absolute atomic E-state index is 0.396. The molecule has 1 heteroatoms. The summed E-state index contributed by atoms with van der Waals surface area (Å²) in [6.45, 7) is 9.89. The van der Waals surface area contributed by atoms with Gasteiger partial charge in [0.05, 0.1) is 0 Å². The second-order valence-electron chi connectivity index (χ2n) is 5.43. The highest BCUT2D eigenvalue weighted by Crippen LogP contribution is 2.64. The molecule has 0 spiro atoms. The minimum Gasteiger partial charge on any atom is -0.330 e. The molecule has 0 aliphatic heterocycles. The molecule has 82 valence electrons. The Labute approximate surface area is 92.7 Å². The van der Waals surface area contributed by atoms with Gasteiger partial charge in [0.15, 0.2) is 0 Å². The quantitative estimate of drug-likeness (QED) is 0.785. The van der Waals surface area contributed by atoms with Crippen molar-refractivity contribution in [2.45, 2.75) is 33.6 Å². The second-order valence-corrected chi connectivity index (χ2v) is 5.43. The molecule has 0 heterocycles. The molecule has 1 aliphatic rings. The van der Waals surface area contributed by atoms with Crippen molar-refractivity contribution in [1.82, 2.24) is 0 Å². The highest BCUT2D eigenvalue weighted by molar-refractivity contribution is 5.41. The van der Waals surface area contributed by atoms with Crippen molar-refractivity contribution < 1.29 is 0 Å². The van der Waals surface area contributed by atoms with Gasteiger partial charge in [0.1, 0.15) is 0 Å². The van der Waals surface area contributed by atoms with Crippen LogP contribution in [0.5, 0.6) is 0 Å². The Hall–Kier alpha value is -0.820. The zero-order chi connectivity index (χ0) is 11.2. The first-order valence-corrected chi connectivity index (χ1v) is 5.76. The molecule has 0 aromatic heterocycles. The van der Waals surface area contributed by atoms with Crippen molar-refractivity contribution in [2.24, 2.45) is 17.1 Å². The molecule has 2 N–H and O–H groups in total. The summed E-state index contributed by atoms with van der Waals surface area (Å²) in [7, 11) is 0. The Bertz CT molecular complexity index is 379. The lowest BCUT2D eigenvalue weighted by molar-refractivity contribution is 0.558. The molecule has 2 unspecified atom stereocenters. The van der Waals surface area contributed by atoms with Gasteiger partial charge in [0.2, 0.25) is 0 Å². The van der Waals surface area contributed by atoms with Crippen molar-refractivity contribution in [3.8, 4) is 0 Å². The molecule has 0 saturated heterocycles. The third-order valence-corrected chi connectivity index (χ3v) is 4.29. The summed E-state index contributed by atoms with van der Waals surface area (Å²) in [4.78, 5) is 0. The summed E-state index contributed by atoms with van der Waals surface area (Å²) in [6.07, 6.45) is 0. The first kappa shape index (κ1) is 10.7. The summed E-state index contributed by atoms with van der Waals surface area (Å²) >= 11 is 0. The molecule has 1 aromatic rings. The van der Waals surface area contributed by atoms with Crippen LogP contribution < -0.4 is 5.73 Å². The Kier molecular flexibility index (Phi) is 2.38. The maximum atomic E-state index is 5.83. The summed E-state index contributed by atoms with van der Waals surface area (Å²) in [6, 6.07) is 6.62. The molecule has 0 bridgehead atoms. The van der Waals surface area contributed by atoms with Crippen molar-refractivity contribution in [2.75, 3.05) is 6.54 Å². The van der Waals surface area contributed by atoms with Crippen molar-refractivity contribution >= 4 is 0 Å². The standard InChI is InChI=1S/C14H21N/c1-9-6-5-7-11(10(9)2)13-12(8-15)14(13,3)4/h5-7,12-13H,8,15H2,1-4H3. The fraction of sp³-hybridized carbons (Fsp3) is 0.571. The van der Waals surface area contributed by atoms with E-state index in [1.54, 1.807) is 0 Å². The van der Waals surface area contributed by atoms with E-state index in [0.29, 0.717) is 17.3 Å². The smallest absolute Gasteiger partial charge is 0.00375 e. The van der Waals surface area contributed by atoms with Crippen molar-refractivity contribution in [3.63, 3.8) is 0 Å². The predicted octanol–water partition coefficient (Wildman–Crippen LogP) is 3.00. The van der Waals surface area contributed by atoms with Crippen LogP contribution >= 0.6 is 0 Å². The number of aryl methyl sites for hydroxylation is 1. The van der Waals surface area contributed by atoms with E-state index in [-0.39, 0.29) is 0 Å². The maximum Gasteiger partial charge on any atom is -0.00375 e. The van der Waals surface area contributed by atoms with Crippen molar-refractivity contribution in [3.05, 3.63) is 34.9 Å². The molecule has 0 amide bonds. The summed E-state index contributed by atoms with van der Waals surface area (Å²) < 4.78 is 0. The third kappa shape index (κ3) is 1.50. The van der Waals surface area contributed by atoms with Crippen LogP contribution in [0.2, 0.25) is 0 Å². The van der Waals surface area contributed by atoms with Gasteiger partial charge >= 0.3 is 0 Å². The molecule has 2 rings (SSSR count). The number of hydrogen-bond donors (Lipinski definition) is 1. The highest BCUT2D eigenvalue weighted by Gasteiger charge is 2.57. The van der Waals surface area contributed by atoms with E-state index in [0.717, 1.165) is 6.54 Å². The Morgan fingerprint density at radius 2 is 1.93 bits per heavy atom. The lowest BCUT2D eigenvalue weighted by Gasteiger charge is -2.09. The monoisotopic (exact) mass is 203 g/mol. The van der Waals surface area contributed by atoms with Crippen LogP contribution in [0.15, 0.2) is 18.2 Å². The van der Waals surface area contributed by atoms with Crippen LogP contribution in [0.25, 0.3) is 0 Å². The molecule has 15 heavy (non-hydrogen) atoms. The van der Waals surface area contributed by atoms with Crippen LogP contribution in [0.3, 0.4) is 0 Å². The van der Waals surface area contributed by atoms with E-state index in [4.69, 9.17) is 5.73 Å². The van der Waals surface area contributed by atoms with Crippen LogP contribution in [0, 0.1) is 25.2 Å². The van der Waals surface area contributed by atoms with Gasteiger partial charge in [-0.1, -0.05) is 32.0 Å². The molecule has 2 atom stereocenters. The highest BCUT2D eigenvalue weighted by atomic mass is 14.7. The van der Waals surface area contributed by atoms with Crippen LogP contribution in [-0.2, 0) is 0 Å². The van der Waals surface area contributed by atoms with Gasteiger partial charge in [0, 0.05) is 0 Å². The van der Waals surface area contributed by atoms with Crippen LogP contribution in [0.1, 0.15) is 36.5 Å². The average Bonchev–Trinajstić information content (AvgIpc) is 2.73. The van der Waals surface area contributed by atoms with Gasteiger partial charge in [-0.05, 0) is 54.3 Å². The lowest BCUT2D eigenvalue weighted by atomic mass is 9.96. The zero-order valence-electron chi connectivity index (χ0n) is 10.2. The van der Waals surface area contributed by atoms with E-state index < -0.39 is 0 Å². The van der Waals surface area contributed by atoms with Gasteiger partial charge in [-0.25, -0.2) is 0 Å². The van der Waals surface area contributed by atoms with E-state index in [9.17, 15) is 0 Å². The predicted molar refractivity (Wildman–Crippen MR) is 65.0 cm³/mol. The average molecular weight is 203 g/mol. The summed E-state index contributed by atoms with van der Waals surface area (Å²) in [5.74, 6) is 1.33. The van der Waals surface area contributed by atoms with E-state index in [1.807, 2.05) is 0 Å². The van der Waals surface area contributed by atoms with Gasteiger partial charge in [0.25, 0.3) is 0 Å². The van der Waals surface area contributed by atoms with Crippen LogP contribution in [0.4, 0.5) is 0 Å². The third-order valence-electron chi connectivity index (χ3n) is 4.29. The number of nitrogens with two attached hydrogens (primary N) is 1. The Morgan fingerprint density at radius 3 is 2.47 bits per heavy atom. The number of benzene rings is 1. The molecule has 1 saturated carbocycles. The van der Waals surface area contributed by atoms with Crippen LogP contribution in [-0.4, -0.2) is 6.54 Å². The molecular formula is C14H21N. The Balaban J connectivity index is 2.37. The van der Waals surface area contributed by atoms with Gasteiger partial charge < -0.3 is 5.73 Å². The normalized spacial score (nSPS) is 27.8. The Morgan fingerprint density at radius 1 is 1.27 bits per heavy atom. The van der Waals surface area contributed by atoms with E-state index in [2.05, 4.69) is 45.9 Å². The summed E-state index contributed by atoms with van der Waals surface area (Å²) in [5.41, 5.74) is 10.6. The lowest BCUT2D eigenvalue weighted by Crippen LogP contribution is -2.05. The van der Waals surface area contributed by atoms with Gasteiger partial charge in [-0.2, -0.15) is 0 Å². The van der Waals surface area contributed by atoms with E-state index in [1.165, 1.54) is 16.7 Å². The molecule has 1 fully saturated rings. The fourth-order valence-electron chi connectivity index (χ4n) is 2.91. The number of hydrogen-bond acceptors (Lipinski definition) is 1. The molecule has 1 aliphatic carbocycles. The fourth-order valence-corrected chi connectivity index (χ4v) is 2.91.